The third-order valence-corrected chi connectivity index (χ3v) is 8.22. The summed E-state index contributed by atoms with van der Waals surface area (Å²) in [5.41, 5.74) is 1.28. The van der Waals surface area contributed by atoms with Crippen molar-refractivity contribution in [1.82, 2.24) is 14.7 Å². The number of rotatable bonds is 10. The van der Waals surface area contributed by atoms with E-state index in [1.54, 1.807) is 66.2 Å². The van der Waals surface area contributed by atoms with Crippen molar-refractivity contribution < 1.29 is 29.0 Å². The maximum Gasteiger partial charge on any atom is 0.258 e. The highest BCUT2D eigenvalue weighted by molar-refractivity contribution is 6.05. The van der Waals surface area contributed by atoms with Crippen molar-refractivity contribution in [3.63, 3.8) is 0 Å². The number of fused-ring (bicyclic) bond motifs is 1. The lowest BCUT2D eigenvalue weighted by Crippen LogP contribution is -2.48. The number of carbonyl (C=O) groups is 3. The van der Waals surface area contributed by atoms with E-state index in [1.165, 1.54) is 0 Å². The quantitative estimate of drug-likeness (QED) is 0.400. The second-order valence-corrected chi connectivity index (χ2v) is 12.5. The largest absolute Gasteiger partial charge is 0.490 e. The topological polar surface area (TPSA) is 112 Å². The minimum atomic E-state index is -0.494. The zero-order valence-electron chi connectivity index (χ0n) is 27.8. The first-order valence-corrected chi connectivity index (χ1v) is 16.1. The van der Waals surface area contributed by atoms with Gasteiger partial charge in [0.1, 0.15) is 5.75 Å². The lowest BCUT2D eigenvalue weighted by Gasteiger charge is -2.36. The number of nitrogens with zero attached hydrogens (tertiary/aromatic N) is 3. The molecule has 0 unspecified atom stereocenters. The molecule has 3 rings (SSSR count). The Hall–Kier alpha value is -3.47. The Morgan fingerprint density at radius 1 is 1.09 bits per heavy atom. The van der Waals surface area contributed by atoms with E-state index in [-0.39, 0.29) is 42.5 Å². The number of carbonyl (C=O) groups excluding carboxylic acids is 3. The van der Waals surface area contributed by atoms with Crippen LogP contribution in [0.2, 0.25) is 0 Å². The van der Waals surface area contributed by atoms with Crippen molar-refractivity contribution in [2.24, 2.45) is 5.92 Å². The molecule has 0 bridgehead atoms. The molecule has 45 heavy (non-hydrogen) atoms. The number of likely N-dealkylation sites (N-methyl/N-ethyl adjacent to an activating group) is 1. The molecule has 0 aliphatic carbocycles. The molecule has 4 atom stereocenters. The summed E-state index contributed by atoms with van der Waals surface area (Å²) in [5, 5.41) is 13.1. The van der Waals surface area contributed by atoms with E-state index in [2.05, 4.69) is 10.2 Å². The lowest BCUT2D eigenvalue weighted by molar-refractivity contribution is -0.132. The molecule has 10 heteroatoms. The Morgan fingerprint density at radius 2 is 1.82 bits per heavy atom. The zero-order chi connectivity index (χ0) is 32.9. The van der Waals surface area contributed by atoms with Gasteiger partial charge in [-0.15, -0.1) is 0 Å². The molecule has 10 nitrogen and oxygen atoms in total. The minimum absolute atomic E-state index is 0.0636. The van der Waals surface area contributed by atoms with Crippen molar-refractivity contribution in [3.05, 3.63) is 59.7 Å². The Labute approximate surface area is 268 Å². The van der Waals surface area contributed by atoms with Gasteiger partial charge in [0.05, 0.1) is 30.4 Å². The van der Waals surface area contributed by atoms with Crippen LogP contribution in [-0.4, -0.2) is 110 Å². The molecule has 0 radical (unpaired) electrons. The average molecular weight is 625 g/mol. The molecule has 0 spiro atoms. The van der Waals surface area contributed by atoms with Crippen LogP contribution in [0.25, 0.3) is 0 Å². The molecule has 248 valence electrons. The van der Waals surface area contributed by atoms with Gasteiger partial charge in [0.15, 0.2) is 0 Å². The van der Waals surface area contributed by atoms with Crippen LogP contribution in [0.5, 0.6) is 5.75 Å². The van der Waals surface area contributed by atoms with E-state index in [0.29, 0.717) is 48.7 Å². The molecule has 2 N–H and O–H groups in total. The number of hydrogen-bond donors (Lipinski definition) is 2. The maximum absolute atomic E-state index is 14.3. The fraction of sp³-hybridized carbons (Fsp3) is 0.571. The fourth-order valence-corrected chi connectivity index (χ4v) is 5.36. The van der Waals surface area contributed by atoms with E-state index < -0.39 is 6.04 Å². The van der Waals surface area contributed by atoms with Gasteiger partial charge in [-0.1, -0.05) is 25.1 Å². The third kappa shape index (κ3) is 11.1. The van der Waals surface area contributed by atoms with E-state index in [0.717, 1.165) is 32.2 Å². The van der Waals surface area contributed by atoms with Gasteiger partial charge in [-0.2, -0.15) is 0 Å². The summed E-state index contributed by atoms with van der Waals surface area (Å²) in [6.45, 7) is 7.64. The monoisotopic (exact) mass is 624 g/mol. The number of ether oxygens (including phenoxy) is 2. The van der Waals surface area contributed by atoms with Crippen LogP contribution in [0, 0.1) is 5.92 Å². The third-order valence-electron chi connectivity index (χ3n) is 8.22. The highest BCUT2D eigenvalue weighted by atomic mass is 16.5. The van der Waals surface area contributed by atoms with Crippen molar-refractivity contribution >= 4 is 23.4 Å². The van der Waals surface area contributed by atoms with Crippen LogP contribution in [0.15, 0.2) is 48.5 Å². The summed E-state index contributed by atoms with van der Waals surface area (Å²) in [6.07, 6.45) is 3.26. The summed E-state index contributed by atoms with van der Waals surface area (Å²) in [6, 6.07) is 13.5. The minimum Gasteiger partial charge on any atom is -0.490 e. The Bertz CT molecular complexity index is 1240. The SMILES string of the molecule is C[C@H]1CCCCO[C@@H](CN(C)C(=O)CCCN(C)C)[C@@H](C)CN([C@@H](C)CO)C(=O)c2cc(NC(=O)c3ccccc3)ccc2O1. The number of aliphatic hydroxyl groups is 1. The molecule has 0 saturated heterocycles. The first-order valence-electron chi connectivity index (χ1n) is 16.1. The predicted molar refractivity (Wildman–Crippen MR) is 177 cm³/mol. The number of nitrogens with one attached hydrogen (secondary N) is 1. The van der Waals surface area contributed by atoms with Gasteiger partial charge >= 0.3 is 0 Å². The number of hydrogen-bond acceptors (Lipinski definition) is 7. The van der Waals surface area contributed by atoms with Gasteiger partial charge in [0, 0.05) is 50.3 Å². The van der Waals surface area contributed by atoms with Crippen molar-refractivity contribution in [1.29, 1.82) is 0 Å². The highest BCUT2D eigenvalue weighted by Gasteiger charge is 2.31. The predicted octanol–water partition coefficient (Wildman–Crippen LogP) is 4.53. The summed E-state index contributed by atoms with van der Waals surface area (Å²) in [5.74, 6) is -0.250. The standard InChI is InChI=1S/C35H52N4O6/c1-25-22-39(26(2)24-40)35(43)30-21-29(36-34(42)28-14-8-7-9-15-28)17-18-31(30)45-27(3)13-10-11-20-44-32(25)23-38(6)33(41)16-12-19-37(4)5/h7-9,14-15,17-18,21,25-27,32,40H,10-13,16,19-20,22-24H2,1-6H3,(H,36,42)/t25-,26-,27-,32-/m0/s1. The van der Waals surface area contributed by atoms with Crippen LogP contribution in [-0.2, 0) is 9.53 Å². The summed E-state index contributed by atoms with van der Waals surface area (Å²) >= 11 is 0. The van der Waals surface area contributed by atoms with Gasteiger partial charge in [0.25, 0.3) is 11.8 Å². The van der Waals surface area contributed by atoms with Crippen molar-refractivity contribution in [2.75, 3.05) is 59.3 Å². The van der Waals surface area contributed by atoms with E-state index in [9.17, 15) is 19.5 Å². The molecule has 0 fully saturated rings. The van der Waals surface area contributed by atoms with E-state index >= 15 is 0 Å². The van der Waals surface area contributed by atoms with Gasteiger partial charge in [0.2, 0.25) is 5.91 Å². The molecule has 1 aliphatic heterocycles. The molecule has 3 amide bonds. The summed E-state index contributed by atoms with van der Waals surface area (Å²) in [4.78, 5) is 45.5. The van der Waals surface area contributed by atoms with Crippen molar-refractivity contribution in [3.8, 4) is 5.75 Å². The first kappa shape index (κ1) is 36.0. The number of aliphatic hydroxyl groups excluding tert-OH is 1. The molecular formula is C35H52N4O6. The Morgan fingerprint density at radius 3 is 2.51 bits per heavy atom. The number of anilines is 1. The van der Waals surface area contributed by atoms with Crippen LogP contribution in [0.1, 0.15) is 73.6 Å². The van der Waals surface area contributed by atoms with Gasteiger partial charge in [-0.25, -0.2) is 0 Å². The Kier molecular flexibility index (Phi) is 14.3. The number of benzene rings is 2. The molecule has 1 heterocycles. The van der Waals surface area contributed by atoms with Crippen LogP contribution in [0.4, 0.5) is 5.69 Å². The van der Waals surface area contributed by atoms with Crippen LogP contribution in [0.3, 0.4) is 0 Å². The average Bonchev–Trinajstić information content (AvgIpc) is 3.02. The molecule has 2 aromatic carbocycles. The van der Waals surface area contributed by atoms with Gasteiger partial charge in [-0.05, 0) is 90.5 Å². The molecule has 1 aliphatic rings. The molecular weight excluding hydrogens is 572 g/mol. The maximum atomic E-state index is 14.3. The van der Waals surface area contributed by atoms with Crippen molar-refractivity contribution in [2.45, 2.75) is 71.1 Å². The fourth-order valence-electron chi connectivity index (χ4n) is 5.36. The van der Waals surface area contributed by atoms with Gasteiger partial charge < -0.3 is 34.6 Å². The zero-order valence-corrected chi connectivity index (χ0v) is 27.8. The number of amides is 3. The summed E-state index contributed by atoms with van der Waals surface area (Å²) < 4.78 is 12.7. The van der Waals surface area contributed by atoms with Crippen LogP contribution < -0.4 is 10.1 Å². The molecule has 0 aromatic heterocycles. The normalized spacial score (nSPS) is 20.5. The lowest BCUT2D eigenvalue weighted by atomic mass is 10.0. The second kappa shape index (κ2) is 17.9. The van der Waals surface area contributed by atoms with E-state index in [4.69, 9.17) is 9.47 Å². The van der Waals surface area contributed by atoms with Crippen LogP contribution >= 0.6 is 0 Å². The summed E-state index contributed by atoms with van der Waals surface area (Å²) in [7, 11) is 5.79. The molecule has 2 aromatic rings. The highest BCUT2D eigenvalue weighted by Crippen LogP contribution is 2.29. The Balaban J connectivity index is 1.89. The van der Waals surface area contributed by atoms with Gasteiger partial charge in [-0.3, -0.25) is 14.4 Å². The smallest absolute Gasteiger partial charge is 0.258 e. The van der Waals surface area contributed by atoms with E-state index in [1.807, 2.05) is 34.0 Å². The first-order chi connectivity index (χ1) is 21.5. The molecule has 0 saturated carbocycles. The second-order valence-electron chi connectivity index (χ2n) is 12.5.